The van der Waals surface area contributed by atoms with Crippen LogP contribution < -0.4 is 5.32 Å². The number of carbonyl (C=O) groups is 1. The van der Waals surface area contributed by atoms with Crippen LogP contribution in [0.15, 0.2) is 36.4 Å². The Bertz CT molecular complexity index is 844. The molecule has 0 radical (unpaired) electrons. The molecule has 0 fully saturated rings. The van der Waals surface area contributed by atoms with Gasteiger partial charge in [-0.1, -0.05) is 46.7 Å². The smallest absolute Gasteiger partial charge is 0.413 e. The SMILES string of the molecule is COC(=O)Nc1nc2ccc(-c3c(Cl)cccc3Cl)cc2s1. The van der Waals surface area contributed by atoms with Gasteiger partial charge < -0.3 is 4.74 Å². The third kappa shape index (κ3) is 2.88. The Labute approximate surface area is 140 Å². The number of fused-ring (bicyclic) bond motifs is 1. The first-order valence-corrected chi connectivity index (χ1v) is 7.85. The van der Waals surface area contributed by atoms with Crippen LogP contribution in [0.1, 0.15) is 0 Å². The van der Waals surface area contributed by atoms with Crippen molar-refractivity contribution in [2.75, 3.05) is 12.4 Å². The minimum atomic E-state index is -0.548. The third-order valence-electron chi connectivity index (χ3n) is 3.03. The van der Waals surface area contributed by atoms with Crippen LogP contribution in [0.3, 0.4) is 0 Å². The van der Waals surface area contributed by atoms with Crippen molar-refractivity contribution >= 4 is 56.0 Å². The summed E-state index contributed by atoms with van der Waals surface area (Å²) in [5, 5.41) is 4.21. The summed E-state index contributed by atoms with van der Waals surface area (Å²) < 4.78 is 5.47. The molecule has 3 rings (SSSR count). The number of carbonyl (C=O) groups excluding carboxylic acids is 1. The number of nitrogens with zero attached hydrogens (tertiary/aromatic N) is 1. The molecule has 0 spiro atoms. The molecule has 1 aromatic heterocycles. The first-order chi connectivity index (χ1) is 10.6. The van der Waals surface area contributed by atoms with Gasteiger partial charge in [0.05, 0.1) is 17.3 Å². The second-order valence-corrected chi connectivity index (χ2v) is 6.26. The van der Waals surface area contributed by atoms with E-state index in [1.807, 2.05) is 18.2 Å². The molecular formula is C15H10Cl2N2O2S. The molecule has 0 aliphatic carbocycles. The molecule has 1 heterocycles. The van der Waals surface area contributed by atoms with E-state index in [-0.39, 0.29) is 0 Å². The van der Waals surface area contributed by atoms with Crippen LogP contribution in [0, 0.1) is 0 Å². The number of benzene rings is 2. The lowest BCUT2D eigenvalue weighted by atomic mass is 10.1. The van der Waals surface area contributed by atoms with E-state index in [1.165, 1.54) is 18.4 Å². The Balaban J connectivity index is 2.05. The Hall–Kier alpha value is -1.82. The van der Waals surface area contributed by atoms with Crippen molar-refractivity contribution < 1.29 is 9.53 Å². The van der Waals surface area contributed by atoms with Gasteiger partial charge in [-0.15, -0.1) is 0 Å². The number of hydrogen-bond donors (Lipinski definition) is 1. The molecule has 4 nitrogen and oxygen atoms in total. The van der Waals surface area contributed by atoms with Crippen molar-refractivity contribution in [3.05, 3.63) is 46.4 Å². The van der Waals surface area contributed by atoms with E-state index in [0.29, 0.717) is 15.2 Å². The molecule has 0 saturated carbocycles. The molecule has 2 aromatic carbocycles. The second kappa shape index (κ2) is 6.12. The highest BCUT2D eigenvalue weighted by molar-refractivity contribution is 7.22. The van der Waals surface area contributed by atoms with Crippen molar-refractivity contribution in [3.8, 4) is 11.1 Å². The number of thiazole rings is 1. The minimum Gasteiger partial charge on any atom is -0.453 e. The van der Waals surface area contributed by atoms with Gasteiger partial charge in [0.2, 0.25) is 0 Å². The highest BCUT2D eigenvalue weighted by atomic mass is 35.5. The lowest BCUT2D eigenvalue weighted by Gasteiger charge is -2.06. The van der Waals surface area contributed by atoms with Gasteiger partial charge >= 0.3 is 6.09 Å². The highest BCUT2D eigenvalue weighted by Crippen LogP contribution is 2.37. The molecular weight excluding hydrogens is 343 g/mol. The molecule has 0 unspecified atom stereocenters. The maximum atomic E-state index is 11.2. The molecule has 0 bridgehead atoms. The predicted molar refractivity (Wildman–Crippen MR) is 91.1 cm³/mol. The normalized spacial score (nSPS) is 10.7. The largest absolute Gasteiger partial charge is 0.453 e. The van der Waals surface area contributed by atoms with Crippen molar-refractivity contribution in [1.29, 1.82) is 0 Å². The van der Waals surface area contributed by atoms with E-state index < -0.39 is 6.09 Å². The standard InChI is InChI=1S/C15H10Cl2N2O2S/c1-21-15(20)19-14-18-11-6-5-8(7-12(11)22-14)13-9(16)3-2-4-10(13)17/h2-7H,1H3,(H,18,19,20). The number of ether oxygens (including phenoxy) is 1. The van der Waals surface area contributed by atoms with Crippen LogP contribution in [-0.2, 0) is 4.74 Å². The molecule has 0 atom stereocenters. The average Bonchev–Trinajstić information content (AvgIpc) is 2.88. The van der Waals surface area contributed by atoms with E-state index in [0.717, 1.165) is 21.3 Å². The van der Waals surface area contributed by atoms with Gasteiger partial charge in [0.15, 0.2) is 5.13 Å². The Morgan fingerprint density at radius 1 is 1.23 bits per heavy atom. The Morgan fingerprint density at radius 2 is 1.95 bits per heavy atom. The lowest BCUT2D eigenvalue weighted by molar-refractivity contribution is 0.187. The monoisotopic (exact) mass is 352 g/mol. The third-order valence-corrected chi connectivity index (χ3v) is 4.60. The molecule has 1 N–H and O–H groups in total. The molecule has 0 aliphatic heterocycles. The Kier molecular flexibility index (Phi) is 4.20. The molecule has 3 aromatic rings. The molecule has 0 aliphatic rings. The van der Waals surface area contributed by atoms with Crippen LogP contribution in [0.25, 0.3) is 21.3 Å². The van der Waals surface area contributed by atoms with Crippen LogP contribution in [-0.4, -0.2) is 18.2 Å². The van der Waals surface area contributed by atoms with Gasteiger partial charge in [0.1, 0.15) is 0 Å². The zero-order valence-electron chi connectivity index (χ0n) is 11.4. The van der Waals surface area contributed by atoms with Crippen molar-refractivity contribution in [2.24, 2.45) is 0 Å². The van der Waals surface area contributed by atoms with Crippen molar-refractivity contribution in [2.45, 2.75) is 0 Å². The topological polar surface area (TPSA) is 51.2 Å². The number of rotatable bonds is 2. The van der Waals surface area contributed by atoms with E-state index in [1.54, 1.807) is 18.2 Å². The maximum absolute atomic E-state index is 11.2. The van der Waals surface area contributed by atoms with E-state index in [9.17, 15) is 4.79 Å². The number of anilines is 1. The van der Waals surface area contributed by atoms with Crippen LogP contribution in [0.4, 0.5) is 9.93 Å². The summed E-state index contributed by atoms with van der Waals surface area (Å²) in [7, 11) is 1.31. The number of nitrogens with one attached hydrogen (secondary N) is 1. The van der Waals surface area contributed by atoms with E-state index >= 15 is 0 Å². The summed E-state index contributed by atoms with van der Waals surface area (Å²) in [6, 6.07) is 11.1. The summed E-state index contributed by atoms with van der Waals surface area (Å²) >= 11 is 13.8. The molecule has 0 saturated heterocycles. The summed E-state index contributed by atoms with van der Waals surface area (Å²) in [6.45, 7) is 0. The van der Waals surface area contributed by atoms with Gasteiger partial charge in [-0.3, -0.25) is 5.32 Å². The molecule has 22 heavy (non-hydrogen) atoms. The number of halogens is 2. The van der Waals surface area contributed by atoms with Crippen LogP contribution >= 0.6 is 34.5 Å². The second-order valence-electron chi connectivity index (χ2n) is 4.41. The van der Waals surface area contributed by atoms with Crippen LogP contribution in [0.5, 0.6) is 0 Å². The molecule has 1 amide bonds. The zero-order valence-corrected chi connectivity index (χ0v) is 13.7. The fourth-order valence-electron chi connectivity index (χ4n) is 2.05. The number of methoxy groups -OCH3 is 1. The van der Waals surface area contributed by atoms with Crippen LogP contribution in [0.2, 0.25) is 10.0 Å². The predicted octanol–water partition coefficient (Wildman–Crippen LogP) is 5.45. The van der Waals surface area contributed by atoms with Gasteiger partial charge in [-0.05, 0) is 29.8 Å². The Morgan fingerprint density at radius 3 is 2.64 bits per heavy atom. The molecule has 112 valence electrons. The highest BCUT2D eigenvalue weighted by Gasteiger charge is 2.12. The quantitative estimate of drug-likeness (QED) is 0.667. The van der Waals surface area contributed by atoms with E-state index in [4.69, 9.17) is 23.2 Å². The minimum absolute atomic E-state index is 0.476. The number of hydrogen-bond acceptors (Lipinski definition) is 4. The van der Waals surface area contributed by atoms with E-state index in [2.05, 4.69) is 15.0 Å². The fourth-order valence-corrected chi connectivity index (χ4v) is 3.55. The summed E-state index contributed by atoms with van der Waals surface area (Å²) in [5.41, 5.74) is 2.46. The van der Waals surface area contributed by atoms with Crippen molar-refractivity contribution in [1.82, 2.24) is 4.98 Å². The van der Waals surface area contributed by atoms with Gasteiger partial charge in [-0.2, -0.15) is 0 Å². The summed E-state index contributed by atoms with van der Waals surface area (Å²) in [4.78, 5) is 15.6. The average molecular weight is 353 g/mol. The lowest BCUT2D eigenvalue weighted by Crippen LogP contribution is -2.10. The fraction of sp³-hybridized carbons (Fsp3) is 0.0667. The number of amides is 1. The van der Waals surface area contributed by atoms with Crippen molar-refractivity contribution in [3.63, 3.8) is 0 Å². The maximum Gasteiger partial charge on any atom is 0.413 e. The van der Waals surface area contributed by atoms with Gasteiger partial charge in [0.25, 0.3) is 0 Å². The summed E-state index contributed by atoms with van der Waals surface area (Å²) in [5.74, 6) is 0. The summed E-state index contributed by atoms with van der Waals surface area (Å²) in [6.07, 6.45) is -0.548. The van der Waals surface area contributed by atoms with Gasteiger partial charge in [-0.25, -0.2) is 9.78 Å². The molecule has 7 heteroatoms. The number of aromatic nitrogens is 1. The first-order valence-electron chi connectivity index (χ1n) is 6.28. The van der Waals surface area contributed by atoms with Gasteiger partial charge in [0, 0.05) is 15.6 Å². The zero-order chi connectivity index (χ0) is 15.7. The first kappa shape index (κ1) is 15.1.